The van der Waals surface area contributed by atoms with Crippen LogP contribution in [0.3, 0.4) is 0 Å². The molecule has 2 heterocycles. The Morgan fingerprint density at radius 1 is 1.06 bits per heavy atom. The summed E-state index contributed by atoms with van der Waals surface area (Å²) >= 11 is 0. The zero-order chi connectivity index (χ0) is 24.1. The summed E-state index contributed by atoms with van der Waals surface area (Å²) in [6, 6.07) is 13.1. The monoisotopic (exact) mass is 484 g/mol. The van der Waals surface area contributed by atoms with Gasteiger partial charge in [0.15, 0.2) is 11.5 Å². The largest absolute Gasteiger partial charge is 0.490 e. The predicted molar refractivity (Wildman–Crippen MR) is 125 cm³/mol. The van der Waals surface area contributed by atoms with E-state index in [0.29, 0.717) is 56.5 Å². The lowest BCUT2D eigenvalue weighted by Crippen LogP contribution is -2.53. The van der Waals surface area contributed by atoms with Crippen LogP contribution < -0.4 is 14.2 Å². The smallest absolute Gasteiger partial charge is 0.241 e. The summed E-state index contributed by atoms with van der Waals surface area (Å²) in [7, 11) is -3.91. The molecule has 9 nitrogen and oxygen atoms in total. The molecule has 0 saturated carbocycles. The fourth-order valence-corrected chi connectivity index (χ4v) is 5.22. The van der Waals surface area contributed by atoms with Gasteiger partial charge in [-0.2, -0.15) is 9.98 Å². The average Bonchev–Trinajstić information content (AvgIpc) is 3.09. The fourth-order valence-electron chi connectivity index (χ4n) is 4.01. The number of nitrogens with zero attached hydrogens (tertiary/aromatic N) is 3. The van der Waals surface area contributed by atoms with Crippen molar-refractivity contribution in [2.45, 2.75) is 30.8 Å². The van der Waals surface area contributed by atoms with Gasteiger partial charge in [-0.3, -0.25) is 9.69 Å². The van der Waals surface area contributed by atoms with Gasteiger partial charge in [-0.15, -0.1) is 0 Å². The Labute approximate surface area is 199 Å². The molecular weight excluding hydrogens is 456 g/mol. The highest BCUT2D eigenvalue weighted by molar-refractivity contribution is 7.89. The van der Waals surface area contributed by atoms with Gasteiger partial charge in [-0.1, -0.05) is 12.1 Å². The van der Waals surface area contributed by atoms with Crippen LogP contribution in [0, 0.1) is 11.3 Å². The number of ether oxygens (including phenoxy) is 2. The topological polar surface area (TPSA) is 112 Å². The molecule has 4 rings (SSSR count). The maximum atomic E-state index is 12.9. The Kier molecular flexibility index (Phi) is 7.36. The van der Waals surface area contributed by atoms with Crippen molar-refractivity contribution in [2.24, 2.45) is 0 Å². The number of benzene rings is 2. The third kappa shape index (κ3) is 5.67. The summed E-state index contributed by atoms with van der Waals surface area (Å²) < 4.78 is 39.4. The number of piperazine rings is 1. The Morgan fingerprint density at radius 3 is 2.41 bits per heavy atom. The molecule has 2 aromatic carbocycles. The molecule has 2 aliphatic rings. The van der Waals surface area contributed by atoms with Gasteiger partial charge in [0, 0.05) is 45.2 Å². The highest BCUT2D eigenvalue weighted by Crippen LogP contribution is 2.32. The molecule has 2 aromatic rings. The second-order valence-electron chi connectivity index (χ2n) is 8.41. The third-order valence-corrected chi connectivity index (χ3v) is 7.44. The number of nitrogens with one attached hydrogen (secondary N) is 1. The standard InChI is InChI=1S/C24H28N4O5S/c1-18(26-34(30,31)21-7-8-22-23(15-21)33-14-2-13-32-22)24(29)28-11-9-27(10-12-28)17-20-5-3-19(16-25)4-6-20/h3-8,15,18,26H,2,9-14,17H2,1H3/t18-/m0/s1. The zero-order valence-electron chi connectivity index (χ0n) is 19.1. The third-order valence-electron chi connectivity index (χ3n) is 5.90. The molecule has 2 aliphatic heterocycles. The van der Waals surface area contributed by atoms with Crippen molar-refractivity contribution in [1.29, 1.82) is 5.26 Å². The van der Waals surface area contributed by atoms with E-state index < -0.39 is 16.1 Å². The van der Waals surface area contributed by atoms with E-state index in [1.54, 1.807) is 30.0 Å². The first kappa shape index (κ1) is 24.0. The maximum Gasteiger partial charge on any atom is 0.241 e. The Hall–Kier alpha value is -3.13. The van der Waals surface area contributed by atoms with Crippen LogP contribution in [0.4, 0.5) is 0 Å². The van der Waals surface area contributed by atoms with Crippen molar-refractivity contribution in [1.82, 2.24) is 14.5 Å². The van der Waals surface area contributed by atoms with Crippen LogP contribution in [-0.2, 0) is 21.4 Å². The first-order valence-corrected chi connectivity index (χ1v) is 12.8. The lowest BCUT2D eigenvalue weighted by molar-refractivity contribution is -0.134. The number of rotatable bonds is 6. The molecule has 180 valence electrons. The van der Waals surface area contributed by atoms with Crippen LogP contribution in [0.15, 0.2) is 47.4 Å². The van der Waals surface area contributed by atoms with Gasteiger partial charge in [0.05, 0.1) is 35.8 Å². The van der Waals surface area contributed by atoms with Crippen LogP contribution >= 0.6 is 0 Å². The molecule has 10 heteroatoms. The van der Waals surface area contributed by atoms with Crippen LogP contribution in [-0.4, -0.2) is 69.6 Å². The van der Waals surface area contributed by atoms with E-state index >= 15 is 0 Å². The van der Waals surface area contributed by atoms with E-state index in [-0.39, 0.29) is 10.8 Å². The Balaban J connectivity index is 1.32. The predicted octanol–water partition coefficient (Wildman–Crippen LogP) is 1.73. The highest BCUT2D eigenvalue weighted by atomic mass is 32.2. The number of sulfonamides is 1. The van der Waals surface area contributed by atoms with Crippen LogP contribution in [0.2, 0.25) is 0 Å². The van der Waals surface area contributed by atoms with Crippen LogP contribution in [0.1, 0.15) is 24.5 Å². The van der Waals surface area contributed by atoms with Crippen molar-refractivity contribution in [2.75, 3.05) is 39.4 Å². The van der Waals surface area contributed by atoms with Gasteiger partial charge in [-0.05, 0) is 36.8 Å². The van der Waals surface area contributed by atoms with E-state index in [0.717, 1.165) is 18.5 Å². The number of amides is 1. The number of carbonyl (C=O) groups excluding carboxylic acids is 1. The lowest BCUT2D eigenvalue weighted by Gasteiger charge is -2.36. The minimum atomic E-state index is -3.91. The van der Waals surface area contributed by atoms with Crippen molar-refractivity contribution in [3.63, 3.8) is 0 Å². The second-order valence-corrected chi connectivity index (χ2v) is 10.1. The Morgan fingerprint density at radius 2 is 1.74 bits per heavy atom. The highest BCUT2D eigenvalue weighted by Gasteiger charge is 2.29. The molecule has 1 atom stereocenters. The molecular formula is C24H28N4O5S. The van der Waals surface area contributed by atoms with Gasteiger partial charge in [-0.25, -0.2) is 8.42 Å². The van der Waals surface area contributed by atoms with Crippen LogP contribution in [0.5, 0.6) is 11.5 Å². The normalized spacial score (nSPS) is 17.5. The molecule has 0 aliphatic carbocycles. The summed E-state index contributed by atoms with van der Waals surface area (Å²) in [4.78, 5) is 16.9. The van der Waals surface area contributed by atoms with Gasteiger partial charge >= 0.3 is 0 Å². The molecule has 0 bridgehead atoms. The molecule has 0 spiro atoms. The average molecular weight is 485 g/mol. The molecule has 1 fully saturated rings. The Bertz CT molecular complexity index is 1170. The zero-order valence-corrected chi connectivity index (χ0v) is 19.9. The van der Waals surface area contributed by atoms with Crippen molar-refractivity contribution >= 4 is 15.9 Å². The van der Waals surface area contributed by atoms with Crippen LogP contribution in [0.25, 0.3) is 0 Å². The molecule has 1 amide bonds. The molecule has 0 aromatic heterocycles. The molecule has 0 radical (unpaired) electrons. The van der Waals surface area contributed by atoms with Gasteiger partial charge in [0.2, 0.25) is 15.9 Å². The SMILES string of the molecule is C[C@H](NS(=O)(=O)c1ccc2c(c1)OCCCO2)C(=O)N1CCN(Cc2ccc(C#N)cc2)CC1. The number of hydrogen-bond acceptors (Lipinski definition) is 7. The summed E-state index contributed by atoms with van der Waals surface area (Å²) in [6.45, 7) is 5.68. The second kappa shape index (κ2) is 10.4. The quantitative estimate of drug-likeness (QED) is 0.665. The summed E-state index contributed by atoms with van der Waals surface area (Å²) in [5, 5.41) is 8.92. The van der Waals surface area contributed by atoms with E-state index in [4.69, 9.17) is 14.7 Å². The van der Waals surface area contributed by atoms with E-state index in [2.05, 4.69) is 15.7 Å². The van der Waals surface area contributed by atoms with Crippen molar-refractivity contribution in [3.05, 3.63) is 53.6 Å². The summed E-state index contributed by atoms with van der Waals surface area (Å²) in [5.74, 6) is 0.646. The number of carbonyl (C=O) groups is 1. The van der Waals surface area contributed by atoms with E-state index in [9.17, 15) is 13.2 Å². The lowest BCUT2D eigenvalue weighted by atomic mass is 10.1. The van der Waals surface area contributed by atoms with E-state index in [1.807, 2.05) is 12.1 Å². The van der Waals surface area contributed by atoms with Crippen molar-refractivity contribution < 1.29 is 22.7 Å². The maximum absolute atomic E-state index is 12.9. The molecule has 34 heavy (non-hydrogen) atoms. The fraction of sp³-hybridized carbons (Fsp3) is 0.417. The van der Waals surface area contributed by atoms with Gasteiger partial charge < -0.3 is 14.4 Å². The number of hydrogen-bond donors (Lipinski definition) is 1. The van der Waals surface area contributed by atoms with E-state index in [1.165, 1.54) is 12.1 Å². The number of fused-ring (bicyclic) bond motifs is 1. The summed E-state index contributed by atoms with van der Waals surface area (Å²) in [6.07, 6.45) is 0.723. The minimum absolute atomic E-state index is 0.0311. The summed E-state index contributed by atoms with van der Waals surface area (Å²) in [5.41, 5.74) is 1.73. The molecule has 1 saturated heterocycles. The van der Waals surface area contributed by atoms with Gasteiger partial charge in [0.25, 0.3) is 0 Å². The minimum Gasteiger partial charge on any atom is -0.490 e. The van der Waals surface area contributed by atoms with Crippen molar-refractivity contribution in [3.8, 4) is 17.6 Å². The first-order valence-electron chi connectivity index (χ1n) is 11.3. The number of nitriles is 1. The molecule has 1 N–H and O–H groups in total. The first-order chi connectivity index (χ1) is 16.4. The van der Waals surface area contributed by atoms with Gasteiger partial charge in [0.1, 0.15) is 0 Å². The molecule has 0 unspecified atom stereocenters.